The summed E-state index contributed by atoms with van der Waals surface area (Å²) in [7, 11) is 0. The van der Waals surface area contributed by atoms with Crippen molar-refractivity contribution >= 4 is 11.7 Å². The minimum atomic E-state index is -0.121. The summed E-state index contributed by atoms with van der Waals surface area (Å²) in [5, 5.41) is 2.80. The third-order valence-electron chi connectivity index (χ3n) is 3.40. The van der Waals surface area contributed by atoms with Crippen molar-refractivity contribution in [1.82, 2.24) is 5.32 Å². The van der Waals surface area contributed by atoms with Crippen molar-refractivity contribution < 1.29 is 28.5 Å². The van der Waals surface area contributed by atoms with E-state index in [2.05, 4.69) is 5.32 Å². The molecular weight excluding hydrogens is 326 g/mol. The minimum absolute atomic E-state index is 0.0442. The number of ether oxygens (including phenoxy) is 4. The van der Waals surface area contributed by atoms with Crippen molar-refractivity contribution in [2.75, 3.05) is 59.4 Å². The van der Waals surface area contributed by atoms with Gasteiger partial charge in [0.25, 0.3) is 0 Å². The SMILES string of the molecule is CCOCCOCCOCCOCC(=O)NCCCCCC(=O)CC. The topological polar surface area (TPSA) is 83.1 Å². The molecule has 0 heterocycles. The Morgan fingerprint density at radius 3 is 1.96 bits per heavy atom. The number of carbonyl (C=O) groups is 2. The first kappa shape index (κ1) is 24.0. The number of hydrogen-bond acceptors (Lipinski definition) is 6. The van der Waals surface area contributed by atoms with Gasteiger partial charge in [0.1, 0.15) is 12.4 Å². The summed E-state index contributed by atoms with van der Waals surface area (Å²) in [6.45, 7) is 8.21. The molecule has 0 fully saturated rings. The molecule has 0 spiro atoms. The van der Waals surface area contributed by atoms with E-state index in [0.29, 0.717) is 71.4 Å². The molecule has 0 aliphatic heterocycles. The summed E-state index contributed by atoms with van der Waals surface area (Å²) < 4.78 is 21.0. The summed E-state index contributed by atoms with van der Waals surface area (Å²) in [6, 6.07) is 0. The molecule has 1 amide bonds. The van der Waals surface area contributed by atoms with Crippen molar-refractivity contribution in [3.05, 3.63) is 0 Å². The minimum Gasteiger partial charge on any atom is -0.379 e. The maximum atomic E-state index is 11.5. The van der Waals surface area contributed by atoms with Gasteiger partial charge in [0.15, 0.2) is 0 Å². The predicted octanol–water partition coefficient (Wildman–Crippen LogP) is 1.73. The van der Waals surface area contributed by atoms with Gasteiger partial charge in [-0.3, -0.25) is 9.59 Å². The van der Waals surface area contributed by atoms with Crippen LogP contribution in [-0.2, 0) is 28.5 Å². The lowest BCUT2D eigenvalue weighted by Gasteiger charge is -2.07. The number of amides is 1. The zero-order valence-electron chi connectivity index (χ0n) is 15.8. The second-order valence-electron chi connectivity index (χ2n) is 5.53. The summed E-state index contributed by atoms with van der Waals surface area (Å²) >= 11 is 0. The van der Waals surface area contributed by atoms with Gasteiger partial charge in [0.05, 0.1) is 39.6 Å². The maximum Gasteiger partial charge on any atom is 0.245 e. The number of unbranched alkanes of at least 4 members (excludes halogenated alkanes) is 2. The van der Waals surface area contributed by atoms with E-state index >= 15 is 0 Å². The highest BCUT2D eigenvalue weighted by atomic mass is 16.6. The average Bonchev–Trinajstić information content (AvgIpc) is 2.62. The van der Waals surface area contributed by atoms with Crippen LogP contribution >= 0.6 is 0 Å². The summed E-state index contributed by atoms with van der Waals surface area (Å²) in [5.74, 6) is 0.181. The molecule has 0 aliphatic carbocycles. The van der Waals surface area contributed by atoms with Crippen LogP contribution in [0.25, 0.3) is 0 Å². The lowest BCUT2D eigenvalue weighted by molar-refractivity contribution is -0.126. The van der Waals surface area contributed by atoms with Gasteiger partial charge in [-0.05, 0) is 19.8 Å². The maximum absolute atomic E-state index is 11.5. The molecule has 0 atom stereocenters. The number of Topliss-reactive ketones (excluding diaryl/α,β-unsaturated/α-hetero) is 1. The Kier molecular flexibility index (Phi) is 18.5. The Morgan fingerprint density at radius 2 is 1.36 bits per heavy atom. The third kappa shape index (κ3) is 19.2. The third-order valence-corrected chi connectivity index (χ3v) is 3.40. The van der Waals surface area contributed by atoms with Crippen LogP contribution in [0.15, 0.2) is 0 Å². The molecule has 1 N–H and O–H groups in total. The molecule has 7 heteroatoms. The van der Waals surface area contributed by atoms with Crippen molar-refractivity contribution in [1.29, 1.82) is 0 Å². The van der Waals surface area contributed by atoms with Crippen LogP contribution < -0.4 is 5.32 Å². The van der Waals surface area contributed by atoms with Crippen LogP contribution in [0, 0.1) is 0 Å². The summed E-state index contributed by atoms with van der Waals surface area (Å²) in [4.78, 5) is 22.7. The van der Waals surface area contributed by atoms with E-state index in [0.717, 1.165) is 19.3 Å². The van der Waals surface area contributed by atoms with Gasteiger partial charge in [-0.2, -0.15) is 0 Å². The van der Waals surface area contributed by atoms with Crippen LogP contribution in [0.5, 0.6) is 0 Å². The van der Waals surface area contributed by atoms with Gasteiger partial charge in [0, 0.05) is 26.0 Å². The highest BCUT2D eigenvalue weighted by molar-refractivity contribution is 5.78. The van der Waals surface area contributed by atoms with E-state index < -0.39 is 0 Å². The normalized spacial score (nSPS) is 10.8. The molecule has 0 bridgehead atoms. The van der Waals surface area contributed by atoms with E-state index in [1.54, 1.807) is 0 Å². The smallest absolute Gasteiger partial charge is 0.245 e. The highest BCUT2D eigenvalue weighted by Crippen LogP contribution is 2.01. The van der Waals surface area contributed by atoms with Crippen molar-refractivity contribution in [2.24, 2.45) is 0 Å². The molecule has 148 valence electrons. The van der Waals surface area contributed by atoms with Crippen LogP contribution in [0.4, 0.5) is 0 Å². The fraction of sp³-hybridized carbons (Fsp3) is 0.889. The zero-order chi connectivity index (χ0) is 18.6. The first-order valence-electron chi connectivity index (χ1n) is 9.30. The van der Waals surface area contributed by atoms with Gasteiger partial charge in [0.2, 0.25) is 5.91 Å². The van der Waals surface area contributed by atoms with E-state index in [1.165, 1.54) is 0 Å². The van der Waals surface area contributed by atoms with Crippen molar-refractivity contribution in [3.8, 4) is 0 Å². The van der Waals surface area contributed by atoms with Gasteiger partial charge in [-0.25, -0.2) is 0 Å². The standard InChI is InChI=1S/C18H35NO6/c1-3-17(20)8-6-5-7-9-19-18(21)16-25-15-14-24-13-12-23-11-10-22-4-2/h3-16H2,1-2H3,(H,19,21). The molecule has 0 unspecified atom stereocenters. The van der Waals surface area contributed by atoms with Crippen LogP contribution in [0.1, 0.15) is 46.0 Å². The van der Waals surface area contributed by atoms with Gasteiger partial charge in [-0.1, -0.05) is 13.3 Å². The second-order valence-corrected chi connectivity index (χ2v) is 5.53. The van der Waals surface area contributed by atoms with Crippen LogP contribution in [0.2, 0.25) is 0 Å². The Labute approximate surface area is 151 Å². The molecule has 0 aromatic carbocycles. The molecule has 0 saturated carbocycles. The lowest BCUT2D eigenvalue weighted by Crippen LogP contribution is -2.29. The van der Waals surface area contributed by atoms with Gasteiger partial charge >= 0.3 is 0 Å². The van der Waals surface area contributed by atoms with Gasteiger partial charge < -0.3 is 24.3 Å². The predicted molar refractivity (Wildman–Crippen MR) is 95.7 cm³/mol. The monoisotopic (exact) mass is 361 g/mol. The van der Waals surface area contributed by atoms with Crippen molar-refractivity contribution in [3.63, 3.8) is 0 Å². The zero-order valence-corrected chi connectivity index (χ0v) is 15.8. The molecular formula is C18H35NO6. The molecule has 0 saturated heterocycles. The quantitative estimate of drug-likeness (QED) is 0.353. The number of hydrogen-bond donors (Lipinski definition) is 1. The molecule has 25 heavy (non-hydrogen) atoms. The molecule has 0 aromatic rings. The number of carbonyl (C=O) groups excluding carboxylic acids is 2. The number of rotatable bonds is 19. The Hall–Kier alpha value is -1.02. The van der Waals surface area contributed by atoms with Crippen LogP contribution in [-0.4, -0.2) is 71.1 Å². The fourth-order valence-electron chi connectivity index (χ4n) is 1.95. The van der Waals surface area contributed by atoms with E-state index in [9.17, 15) is 9.59 Å². The summed E-state index contributed by atoms with van der Waals surface area (Å²) in [6.07, 6.45) is 3.98. The van der Waals surface area contributed by atoms with E-state index in [-0.39, 0.29) is 12.5 Å². The average molecular weight is 361 g/mol. The first-order chi connectivity index (χ1) is 12.2. The Bertz CT molecular complexity index is 325. The van der Waals surface area contributed by atoms with Crippen molar-refractivity contribution in [2.45, 2.75) is 46.0 Å². The van der Waals surface area contributed by atoms with E-state index in [4.69, 9.17) is 18.9 Å². The Balaban J connectivity index is 3.19. The molecule has 0 aromatic heterocycles. The van der Waals surface area contributed by atoms with Crippen LogP contribution in [0.3, 0.4) is 0 Å². The number of ketones is 1. The lowest BCUT2D eigenvalue weighted by atomic mass is 10.1. The van der Waals surface area contributed by atoms with Gasteiger partial charge in [-0.15, -0.1) is 0 Å². The molecule has 0 radical (unpaired) electrons. The fourth-order valence-corrected chi connectivity index (χ4v) is 1.95. The number of nitrogens with one attached hydrogen (secondary N) is 1. The highest BCUT2D eigenvalue weighted by Gasteiger charge is 2.01. The second kappa shape index (κ2) is 19.3. The van der Waals surface area contributed by atoms with E-state index in [1.807, 2.05) is 13.8 Å². The summed E-state index contributed by atoms with van der Waals surface area (Å²) in [5.41, 5.74) is 0. The first-order valence-corrected chi connectivity index (χ1v) is 9.30. The Morgan fingerprint density at radius 1 is 0.760 bits per heavy atom. The molecule has 7 nitrogen and oxygen atoms in total. The molecule has 0 rings (SSSR count). The largest absolute Gasteiger partial charge is 0.379 e. The molecule has 0 aliphatic rings.